The predicted molar refractivity (Wildman–Crippen MR) is 91.0 cm³/mol. The van der Waals surface area contributed by atoms with Gasteiger partial charge in [-0.3, -0.25) is 0 Å². The summed E-state index contributed by atoms with van der Waals surface area (Å²) in [5.74, 6) is 2.14. The number of aryl methyl sites for hydroxylation is 1. The summed E-state index contributed by atoms with van der Waals surface area (Å²) in [6.07, 6.45) is 5.94. The Kier molecular flexibility index (Phi) is 5.70. The van der Waals surface area contributed by atoms with Crippen molar-refractivity contribution in [2.24, 2.45) is 5.92 Å². The summed E-state index contributed by atoms with van der Waals surface area (Å²) in [5.41, 5.74) is 2.24. The van der Waals surface area contributed by atoms with Gasteiger partial charge in [-0.2, -0.15) is 0 Å². The molecule has 1 saturated heterocycles. The van der Waals surface area contributed by atoms with Crippen molar-refractivity contribution in [2.75, 3.05) is 32.1 Å². The minimum absolute atomic E-state index is 0.223. The molecule has 4 nitrogen and oxygen atoms in total. The second-order valence-corrected chi connectivity index (χ2v) is 6.69. The zero-order valence-corrected chi connectivity index (χ0v) is 14.0. The summed E-state index contributed by atoms with van der Waals surface area (Å²) in [7, 11) is 1.72. The van der Waals surface area contributed by atoms with Gasteiger partial charge in [-0.15, -0.1) is 0 Å². The quantitative estimate of drug-likeness (QED) is 0.758. The number of methoxy groups -OCH3 is 1. The van der Waals surface area contributed by atoms with Gasteiger partial charge in [0.2, 0.25) is 0 Å². The molecule has 2 aliphatic heterocycles. The summed E-state index contributed by atoms with van der Waals surface area (Å²) < 4.78 is 19.6. The average Bonchev–Trinajstić information content (AvgIpc) is 3.12. The number of halogens is 1. The molecule has 2 N–H and O–H groups in total. The molecule has 0 saturated carbocycles. The lowest BCUT2D eigenvalue weighted by Gasteiger charge is -2.20. The van der Waals surface area contributed by atoms with Crippen molar-refractivity contribution in [3.05, 3.63) is 17.3 Å². The Morgan fingerprint density at radius 1 is 1.39 bits per heavy atom. The van der Waals surface area contributed by atoms with E-state index in [0.717, 1.165) is 75.4 Å². The summed E-state index contributed by atoms with van der Waals surface area (Å²) in [6.45, 7) is 2.79. The molecule has 1 unspecified atom stereocenters. The molecule has 23 heavy (non-hydrogen) atoms. The molecule has 0 aromatic carbocycles. The molecule has 0 amide bonds. The molecule has 0 spiro atoms. The van der Waals surface area contributed by atoms with Gasteiger partial charge in [0.1, 0.15) is 17.7 Å². The summed E-state index contributed by atoms with van der Waals surface area (Å²) in [5, 5.41) is 6.61. The molecular weight excluding hydrogens is 293 g/mol. The molecule has 5 heteroatoms. The third kappa shape index (κ3) is 4.14. The van der Waals surface area contributed by atoms with Crippen molar-refractivity contribution in [3.63, 3.8) is 0 Å². The molecule has 128 valence electrons. The van der Waals surface area contributed by atoms with Gasteiger partial charge in [-0.05, 0) is 45.1 Å². The van der Waals surface area contributed by atoms with Gasteiger partial charge in [0.25, 0.3) is 0 Å². The van der Waals surface area contributed by atoms with Gasteiger partial charge < -0.3 is 15.4 Å². The molecule has 3 heterocycles. The number of rotatable bonds is 7. The fourth-order valence-electron chi connectivity index (χ4n) is 3.64. The molecule has 2 atom stereocenters. The van der Waals surface area contributed by atoms with E-state index in [0.29, 0.717) is 6.42 Å². The first kappa shape index (κ1) is 16.5. The SMILES string of the molecule is COc1cc(CCCCC(F)[C@@H]2CCNC2)nc2c1CCCN2. The highest BCUT2D eigenvalue weighted by atomic mass is 19.1. The summed E-state index contributed by atoms with van der Waals surface area (Å²) in [4.78, 5) is 4.72. The summed E-state index contributed by atoms with van der Waals surface area (Å²) >= 11 is 0. The lowest BCUT2D eigenvalue weighted by molar-refractivity contribution is 0.221. The van der Waals surface area contributed by atoms with E-state index in [-0.39, 0.29) is 5.92 Å². The van der Waals surface area contributed by atoms with Gasteiger partial charge >= 0.3 is 0 Å². The van der Waals surface area contributed by atoms with E-state index in [9.17, 15) is 4.39 Å². The highest BCUT2D eigenvalue weighted by Gasteiger charge is 2.24. The van der Waals surface area contributed by atoms with Gasteiger partial charge in [-0.25, -0.2) is 9.37 Å². The van der Waals surface area contributed by atoms with Crippen LogP contribution in [0.3, 0.4) is 0 Å². The maximum absolute atomic E-state index is 14.1. The maximum Gasteiger partial charge on any atom is 0.133 e. The van der Waals surface area contributed by atoms with Crippen molar-refractivity contribution < 1.29 is 9.13 Å². The Balaban J connectivity index is 1.50. The van der Waals surface area contributed by atoms with Crippen LogP contribution in [0.5, 0.6) is 5.75 Å². The Morgan fingerprint density at radius 2 is 2.30 bits per heavy atom. The van der Waals surface area contributed by atoms with Crippen LogP contribution in [0, 0.1) is 5.92 Å². The zero-order chi connectivity index (χ0) is 16.1. The minimum Gasteiger partial charge on any atom is -0.496 e. The predicted octanol–water partition coefficient (Wildman–Crippen LogP) is 3.11. The van der Waals surface area contributed by atoms with E-state index < -0.39 is 6.17 Å². The van der Waals surface area contributed by atoms with Gasteiger partial charge in [0.05, 0.1) is 7.11 Å². The van der Waals surface area contributed by atoms with E-state index in [4.69, 9.17) is 9.72 Å². The van der Waals surface area contributed by atoms with Gasteiger partial charge in [0, 0.05) is 36.3 Å². The monoisotopic (exact) mass is 321 g/mol. The van der Waals surface area contributed by atoms with E-state index in [1.165, 1.54) is 5.56 Å². The topological polar surface area (TPSA) is 46.2 Å². The third-order valence-corrected chi connectivity index (χ3v) is 5.03. The van der Waals surface area contributed by atoms with Crippen molar-refractivity contribution in [1.82, 2.24) is 10.3 Å². The molecule has 2 aliphatic rings. The van der Waals surface area contributed by atoms with E-state index in [1.54, 1.807) is 7.11 Å². The number of alkyl halides is 1. The maximum atomic E-state index is 14.1. The number of fused-ring (bicyclic) bond motifs is 1. The highest BCUT2D eigenvalue weighted by Crippen LogP contribution is 2.30. The Hall–Kier alpha value is -1.36. The van der Waals surface area contributed by atoms with Crippen LogP contribution in [0.15, 0.2) is 6.07 Å². The van der Waals surface area contributed by atoms with Crippen LogP contribution in [0.25, 0.3) is 0 Å². The van der Waals surface area contributed by atoms with Gasteiger partial charge in [0.15, 0.2) is 0 Å². The van der Waals surface area contributed by atoms with Crippen LogP contribution >= 0.6 is 0 Å². The normalized spacial score (nSPS) is 21.6. The smallest absolute Gasteiger partial charge is 0.133 e. The molecule has 0 bridgehead atoms. The second-order valence-electron chi connectivity index (χ2n) is 6.69. The van der Waals surface area contributed by atoms with Crippen LogP contribution in [-0.2, 0) is 12.8 Å². The first-order valence-corrected chi connectivity index (χ1v) is 8.93. The second kappa shape index (κ2) is 7.95. The van der Waals surface area contributed by atoms with Gasteiger partial charge in [-0.1, -0.05) is 6.42 Å². The molecular formula is C18H28FN3O. The number of pyridine rings is 1. The van der Waals surface area contributed by atoms with Crippen LogP contribution in [0.2, 0.25) is 0 Å². The molecule has 1 aromatic heterocycles. The number of ether oxygens (including phenoxy) is 1. The van der Waals surface area contributed by atoms with Crippen molar-refractivity contribution in [1.29, 1.82) is 0 Å². The average molecular weight is 321 g/mol. The molecule has 1 aromatic rings. The fraction of sp³-hybridized carbons (Fsp3) is 0.722. The fourth-order valence-corrected chi connectivity index (χ4v) is 3.64. The molecule has 0 radical (unpaired) electrons. The number of aromatic nitrogens is 1. The number of anilines is 1. The van der Waals surface area contributed by atoms with Crippen LogP contribution in [-0.4, -0.2) is 37.9 Å². The lowest BCUT2D eigenvalue weighted by Crippen LogP contribution is -2.19. The largest absolute Gasteiger partial charge is 0.496 e. The zero-order valence-electron chi connectivity index (χ0n) is 14.0. The minimum atomic E-state index is -0.655. The number of nitrogens with zero attached hydrogens (tertiary/aromatic N) is 1. The Labute approximate surface area is 138 Å². The standard InChI is InChI=1S/C18H28FN3O/c1-23-17-11-14(22-18-15(17)6-4-9-21-18)5-2-3-7-16(19)13-8-10-20-12-13/h11,13,16,20H,2-10,12H2,1H3,(H,21,22)/t13-,16?/m1/s1. The first-order valence-electron chi connectivity index (χ1n) is 8.93. The first-order chi connectivity index (χ1) is 11.3. The molecule has 0 aliphatic carbocycles. The number of unbranched alkanes of at least 4 members (excludes halogenated alkanes) is 1. The number of hydrogen-bond donors (Lipinski definition) is 2. The van der Waals surface area contributed by atoms with E-state index in [1.807, 2.05) is 0 Å². The molecule has 1 fully saturated rings. The third-order valence-electron chi connectivity index (χ3n) is 5.03. The van der Waals surface area contributed by atoms with E-state index >= 15 is 0 Å². The van der Waals surface area contributed by atoms with Crippen LogP contribution in [0.4, 0.5) is 10.2 Å². The Bertz CT molecular complexity index is 500. The number of hydrogen-bond acceptors (Lipinski definition) is 4. The Morgan fingerprint density at radius 3 is 3.09 bits per heavy atom. The summed E-state index contributed by atoms with van der Waals surface area (Å²) in [6, 6.07) is 2.06. The van der Waals surface area contributed by atoms with Crippen molar-refractivity contribution >= 4 is 5.82 Å². The van der Waals surface area contributed by atoms with E-state index in [2.05, 4.69) is 16.7 Å². The van der Waals surface area contributed by atoms with Crippen LogP contribution in [0.1, 0.15) is 43.4 Å². The van der Waals surface area contributed by atoms with Crippen molar-refractivity contribution in [3.8, 4) is 5.75 Å². The van der Waals surface area contributed by atoms with Crippen molar-refractivity contribution in [2.45, 2.75) is 51.1 Å². The molecule has 3 rings (SSSR count). The highest BCUT2D eigenvalue weighted by molar-refractivity contribution is 5.54. The number of nitrogens with one attached hydrogen (secondary N) is 2. The lowest BCUT2D eigenvalue weighted by atomic mass is 9.97. The van der Waals surface area contributed by atoms with Crippen LogP contribution < -0.4 is 15.4 Å².